The summed E-state index contributed by atoms with van der Waals surface area (Å²) in [7, 11) is 9.42. The zero-order valence-electron chi connectivity index (χ0n) is 15.0. The number of aromatic nitrogens is 1. The Morgan fingerprint density at radius 3 is 2.54 bits per heavy atom. The number of hydrogen-bond donors (Lipinski definition) is 1. The van der Waals surface area contributed by atoms with Gasteiger partial charge in [0.05, 0.1) is 12.2 Å². The Balaban J connectivity index is 1.98. The number of benzene rings is 1. The highest BCUT2D eigenvalue weighted by Gasteiger charge is 2.10. The summed E-state index contributed by atoms with van der Waals surface area (Å²) in [6.45, 7) is 1.27. The summed E-state index contributed by atoms with van der Waals surface area (Å²) in [4.78, 5) is 8.11. The van der Waals surface area contributed by atoms with Gasteiger partial charge < -0.3 is 19.7 Å². The number of rotatable bonds is 5. The molecule has 2 aromatic rings. The highest BCUT2D eigenvalue weighted by Crippen LogP contribution is 2.18. The third kappa shape index (κ3) is 4.28. The van der Waals surface area contributed by atoms with E-state index in [9.17, 15) is 4.39 Å². The lowest BCUT2D eigenvalue weighted by molar-refractivity contribution is 0.461. The molecular formula is C18H26FN5. The van der Waals surface area contributed by atoms with E-state index < -0.39 is 0 Å². The van der Waals surface area contributed by atoms with Gasteiger partial charge in [0.15, 0.2) is 5.96 Å². The molecule has 0 aliphatic rings. The van der Waals surface area contributed by atoms with E-state index in [-0.39, 0.29) is 5.82 Å². The van der Waals surface area contributed by atoms with E-state index in [1.807, 2.05) is 51.4 Å². The van der Waals surface area contributed by atoms with E-state index >= 15 is 0 Å². The Labute approximate surface area is 143 Å². The zero-order chi connectivity index (χ0) is 17.7. The minimum atomic E-state index is -0.216. The van der Waals surface area contributed by atoms with Crippen molar-refractivity contribution in [3.05, 3.63) is 53.6 Å². The average Bonchev–Trinajstić information content (AvgIpc) is 2.92. The van der Waals surface area contributed by atoms with E-state index in [4.69, 9.17) is 0 Å². The first kappa shape index (κ1) is 17.8. The highest BCUT2D eigenvalue weighted by molar-refractivity contribution is 5.79. The molecule has 0 saturated carbocycles. The monoisotopic (exact) mass is 331 g/mol. The minimum Gasteiger partial charge on any atom is -0.375 e. The van der Waals surface area contributed by atoms with Gasteiger partial charge in [-0.15, -0.1) is 0 Å². The van der Waals surface area contributed by atoms with Crippen LogP contribution in [-0.4, -0.2) is 43.6 Å². The lowest BCUT2D eigenvalue weighted by Crippen LogP contribution is -2.38. The van der Waals surface area contributed by atoms with Gasteiger partial charge >= 0.3 is 0 Å². The van der Waals surface area contributed by atoms with Gasteiger partial charge in [-0.1, -0.05) is 6.07 Å². The molecule has 0 aliphatic heterocycles. The summed E-state index contributed by atoms with van der Waals surface area (Å²) in [5.74, 6) is 0.555. The van der Waals surface area contributed by atoms with Crippen molar-refractivity contribution in [2.75, 3.05) is 33.1 Å². The van der Waals surface area contributed by atoms with E-state index in [1.54, 1.807) is 24.1 Å². The van der Waals surface area contributed by atoms with Gasteiger partial charge in [-0.3, -0.25) is 4.99 Å². The minimum absolute atomic E-state index is 0.216. The van der Waals surface area contributed by atoms with Crippen molar-refractivity contribution in [3.63, 3.8) is 0 Å². The standard InChI is InChI=1S/C18H26FN5/c1-20-18(24(5)13-15-7-6-10-23(15)4)21-12-14-8-9-17(22(2)3)16(19)11-14/h6-11H,12-13H2,1-5H3,(H,20,21). The molecular weight excluding hydrogens is 305 g/mol. The van der Waals surface area contributed by atoms with E-state index in [1.165, 1.54) is 5.69 Å². The van der Waals surface area contributed by atoms with Crippen LogP contribution in [0.15, 0.2) is 41.5 Å². The van der Waals surface area contributed by atoms with Crippen LogP contribution in [-0.2, 0) is 20.1 Å². The second-order valence-corrected chi connectivity index (χ2v) is 6.05. The molecule has 0 atom stereocenters. The fourth-order valence-corrected chi connectivity index (χ4v) is 2.57. The largest absolute Gasteiger partial charge is 0.375 e. The molecule has 0 aliphatic carbocycles. The number of halogens is 1. The molecule has 0 spiro atoms. The van der Waals surface area contributed by atoms with Crippen molar-refractivity contribution in [1.29, 1.82) is 0 Å². The second kappa shape index (κ2) is 7.86. The number of aryl methyl sites for hydroxylation is 1. The molecule has 0 saturated heterocycles. The van der Waals surface area contributed by atoms with Gasteiger partial charge in [-0.2, -0.15) is 0 Å². The fraction of sp³-hybridized carbons (Fsp3) is 0.389. The Kier molecular flexibility index (Phi) is 5.84. The summed E-state index contributed by atoms with van der Waals surface area (Å²) >= 11 is 0. The van der Waals surface area contributed by atoms with Crippen LogP contribution >= 0.6 is 0 Å². The smallest absolute Gasteiger partial charge is 0.194 e. The first-order chi connectivity index (χ1) is 11.4. The van der Waals surface area contributed by atoms with Crippen LogP contribution in [0, 0.1) is 5.82 Å². The number of hydrogen-bond acceptors (Lipinski definition) is 2. The van der Waals surface area contributed by atoms with Gasteiger partial charge in [-0.05, 0) is 29.8 Å². The molecule has 2 rings (SSSR count). The average molecular weight is 331 g/mol. The summed E-state index contributed by atoms with van der Waals surface area (Å²) in [5.41, 5.74) is 2.66. The van der Waals surface area contributed by atoms with Crippen LogP contribution in [0.5, 0.6) is 0 Å². The first-order valence-electron chi connectivity index (χ1n) is 7.90. The van der Waals surface area contributed by atoms with Gasteiger partial charge in [0.2, 0.25) is 0 Å². The van der Waals surface area contributed by atoms with Crippen molar-refractivity contribution in [2.45, 2.75) is 13.1 Å². The summed E-state index contributed by atoms with van der Waals surface area (Å²) < 4.78 is 16.1. The van der Waals surface area contributed by atoms with E-state index in [0.29, 0.717) is 12.2 Å². The van der Waals surface area contributed by atoms with Crippen molar-refractivity contribution >= 4 is 11.6 Å². The van der Waals surface area contributed by atoms with E-state index in [2.05, 4.69) is 20.9 Å². The van der Waals surface area contributed by atoms with Gasteiger partial charge in [0.1, 0.15) is 5.82 Å². The van der Waals surface area contributed by atoms with Crippen LogP contribution in [0.1, 0.15) is 11.3 Å². The van der Waals surface area contributed by atoms with Crippen LogP contribution in [0.4, 0.5) is 10.1 Å². The predicted molar refractivity (Wildman–Crippen MR) is 97.8 cm³/mol. The Hall–Kier alpha value is -2.50. The lowest BCUT2D eigenvalue weighted by atomic mass is 10.2. The Bertz CT molecular complexity index is 705. The van der Waals surface area contributed by atoms with Gasteiger partial charge in [0, 0.05) is 53.7 Å². The molecule has 0 amide bonds. The molecule has 130 valence electrons. The number of guanidine groups is 1. The molecule has 5 nitrogen and oxygen atoms in total. The van der Waals surface area contributed by atoms with Crippen LogP contribution in [0.2, 0.25) is 0 Å². The van der Waals surface area contributed by atoms with Crippen LogP contribution in [0.25, 0.3) is 0 Å². The van der Waals surface area contributed by atoms with Crippen molar-refractivity contribution in [2.24, 2.45) is 12.0 Å². The third-order valence-corrected chi connectivity index (χ3v) is 3.97. The van der Waals surface area contributed by atoms with E-state index in [0.717, 1.165) is 18.1 Å². The summed E-state index contributed by atoms with van der Waals surface area (Å²) in [5, 5.41) is 3.28. The fourth-order valence-electron chi connectivity index (χ4n) is 2.57. The van der Waals surface area contributed by atoms with Crippen LogP contribution in [0.3, 0.4) is 0 Å². The van der Waals surface area contributed by atoms with Gasteiger partial charge in [0.25, 0.3) is 0 Å². The second-order valence-electron chi connectivity index (χ2n) is 6.05. The maximum absolute atomic E-state index is 14.0. The van der Waals surface area contributed by atoms with Crippen molar-refractivity contribution in [1.82, 2.24) is 14.8 Å². The molecule has 0 unspecified atom stereocenters. The maximum Gasteiger partial charge on any atom is 0.194 e. The number of nitrogens with one attached hydrogen (secondary N) is 1. The molecule has 0 bridgehead atoms. The molecule has 0 radical (unpaired) electrons. The SMILES string of the molecule is CN=C(NCc1ccc(N(C)C)c(F)c1)N(C)Cc1cccn1C. The maximum atomic E-state index is 14.0. The molecule has 0 fully saturated rings. The zero-order valence-corrected chi connectivity index (χ0v) is 15.0. The predicted octanol–water partition coefficient (Wildman–Crippen LogP) is 2.44. The molecule has 1 aromatic heterocycles. The number of aliphatic imine (C=N–C) groups is 1. The van der Waals surface area contributed by atoms with Crippen molar-refractivity contribution in [3.8, 4) is 0 Å². The molecule has 1 heterocycles. The van der Waals surface area contributed by atoms with Gasteiger partial charge in [-0.25, -0.2) is 4.39 Å². The summed E-state index contributed by atoms with van der Waals surface area (Å²) in [6, 6.07) is 9.39. The third-order valence-electron chi connectivity index (χ3n) is 3.97. The summed E-state index contributed by atoms with van der Waals surface area (Å²) in [6.07, 6.45) is 2.02. The molecule has 24 heavy (non-hydrogen) atoms. The Morgan fingerprint density at radius 2 is 2.00 bits per heavy atom. The quantitative estimate of drug-likeness (QED) is 0.675. The topological polar surface area (TPSA) is 35.8 Å². The highest BCUT2D eigenvalue weighted by atomic mass is 19.1. The molecule has 1 N–H and O–H groups in total. The molecule has 1 aromatic carbocycles. The molecule has 6 heteroatoms. The lowest BCUT2D eigenvalue weighted by Gasteiger charge is -2.22. The first-order valence-corrected chi connectivity index (χ1v) is 7.90. The normalized spacial score (nSPS) is 11.5. The van der Waals surface area contributed by atoms with Crippen molar-refractivity contribution < 1.29 is 4.39 Å². The Morgan fingerprint density at radius 1 is 1.25 bits per heavy atom. The number of nitrogens with zero attached hydrogens (tertiary/aromatic N) is 4. The number of anilines is 1. The van der Waals surface area contributed by atoms with Crippen LogP contribution < -0.4 is 10.2 Å².